The quantitative estimate of drug-likeness (QED) is 0.196. The summed E-state index contributed by atoms with van der Waals surface area (Å²) in [6, 6.07) is 8.99. The topological polar surface area (TPSA) is 27.7 Å². The lowest BCUT2D eigenvalue weighted by atomic mass is 9.55. The first kappa shape index (κ1) is 34.7. The molecule has 5 atom stereocenters. The molecular weight excluding hydrogens is 641 g/mol. The molecule has 0 N–H and O–H groups in total. The maximum absolute atomic E-state index is 13.5. The summed E-state index contributed by atoms with van der Waals surface area (Å²) in [6.07, 6.45) is -16.6. The molecule has 0 aromatic heterocycles. The molecule has 2 fully saturated rings. The number of fused-ring (bicyclic) bond motifs is 5. The molecule has 2 aromatic rings. The molecule has 0 aliphatic heterocycles. The lowest BCUT2D eigenvalue weighted by Crippen LogP contribution is -2.67. The average Bonchev–Trinajstić information content (AvgIpc) is 3.27. The summed E-state index contributed by atoms with van der Waals surface area (Å²) in [7, 11) is 0. The minimum absolute atomic E-state index is 0.00131. The largest absolute Gasteiger partial charge is 0.489 e. The van der Waals surface area contributed by atoms with Gasteiger partial charge in [0.05, 0.1) is 12.7 Å². The molecule has 0 heterocycles. The van der Waals surface area contributed by atoms with Crippen LogP contribution in [-0.4, -0.2) is 43.4 Å². The third-order valence-corrected chi connectivity index (χ3v) is 10.1. The summed E-state index contributed by atoms with van der Waals surface area (Å²) in [4.78, 5) is 0. The monoisotopic (exact) mass is 674 g/mol. The first-order valence-corrected chi connectivity index (χ1v) is 15.0. The van der Waals surface area contributed by atoms with Gasteiger partial charge in [0.25, 0.3) is 0 Å². The van der Waals surface area contributed by atoms with E-state index in [1.807, 2.05) is 18.2 Å². The zero-order valence-electron chi connectivity index (χ0n) is 24.7. The molecule has 5 unspecified atom stereocenters. The van der Waals surface area contributed by atoms with E-state index < -0.39 is 48.8 Å². The third-order valence-electron chi connectivity index (χ3n) is 10.1. The van der Waals surface area contributed by atoms with Crippen LogP contribution in [0.3, 0.4) is 0 Å². The molecule has 5 rings (SSSR count). The molecule has 14 heteroatoms. The smallest absolute Gasteiger partial charge is 0.435 e. The first-order chi connectivity index (χ1) is 21.4. The second kappa shape index (κ2) is 12.4. The van der Waals surface area contributed by atoms with Crippen LogP contribution >= 0.6 is 0 Å². The number of hydrogen-bond acceptors (Lipinski definition) is 3. The molecule has 3 aliphatic carbocycles. The molecule has 0 amide bonds. The van der Waals surface area contributed by atoms with Crippen molar-refractivity contribution in [2.75, 3.05) is 13.2 Å². The minimum Gasteiger partial charge on any atom is -0.489 e. The average molecular weight is 675 g/mol. The van der Waals surface area contributed by atoms with Gasteiger partial charge >= 0.3 is 24.1 Å². The second-order valence-corrected chi connectivity index (χ2v) is 12.7. The number of halogens is 11. The predicted octanol–water partition coefficient (Wildman–Crippen LogP) is 9.62. The number of rotatable bonds is 9. The van der Waals surface area contributed by atoms with Gasteiger partial charge in [-0.1, -0.05) is 13.0 Å². The Hall–Kier alpha value is -2.61. The maximum atomic E-state index is 13.5. The van der Waals surface area contributed by atoms with E-state index in [4.69, 9.17) is 9.47 Å². The van der Waals surface area contributed by atoms with Crippen molar-refractivity contribution in [2.24, 2.45) is 17.3 Å². The SMILES string of the molecule is CC12CCC3c4ccc(OCc5cc(F)cc(F)c5)cc4CCC3C1CCC2OCCCOC(C(F)(F)F)(C(F)(F)F)C(F)(F)F. The highest BCUT2D eigenvalue weighted by atomic mass is 19.4. The highest BCUT2D eigenvalue weighted by Crippen LogP contribution is 2.62. The molecule has 2 saturated carbocycles. The number of alkyl halides is 9. The molecule has 46 heavy (non-hydrogen) atoms. The van der Waals surface area contributed by atoms with Gasteiger partial charge in [0.1, 0.15) is 24.0 Å². The van der Waals surface area contributed by atoms with Crippen molar-refractivity contribution < 1.29 is 62.5 Å². The molecule has 3 aliphatic rings. The van der Waals surface area contributed by atoms with E-state index >= 15 is 0 Å². The van der Waals surface area contributed by atoms with E-state index in [9.17, 15) is 48.3 Å². The molecule has 256 valence electrons. The van der Waals surface area contributed by atoms with E-state index in [1.54, 1.807) is 0 Å². The number of hydrogen-bond donors (Lipinski definition) is 0. The van der Waals surface area contributed by atoms with Gasteiger partial charge in [-0.2, -0.15) is 39.5 Å². The van der Waals surface area contributed by atoms with Crippen molar-refractivity contribution >= 4 is 0 Å². The van der Waals surface area contributed by atoms with Crippen molar-refractivity contribution in [3.8, 4) is 5.75 Å². The summed E-state index contributed by atoms with van der Waals surface area (Å²) in [6.45, 7) is 0.267. The molecule has 0 bridgehead atoms. The van der Waals surface area contributed by atoms with Crippen molar-refractivity contribution in [1.82, 2.24) is 0 Å². The van der Waals surface area contributed by atoms with Crippen LogP contribution in [0.1, 0.15) is 68.1 Å². The predicted molar refractivity (Wildman–Crippen MR) is 143 cm³/mol. The zero-order chi connectivity index (χ0) is 33.7. The fourth-order valence-electron chi connectivity index (χ4n) is 7.97. The van der Waals surface area contributed by atoms with Crippen LogP contribution in [0.4, 0.5) is 48.3 Å². The lowest BCUT2D eigenvalue weighted by molar-refractivity contribution is -0.457. The number of benzene rings is 2. The van der Waals surface area contributed by atoms with Crippen molar-refractivity contribution in [2.45, 2.75) is 94.6 Å². The van der Waals surface area contributed by atoms with Crippen LogP contribution in [-0.2, 0) is 22.5 Å². The third kappa shape index (κ3) is 6.32. The van der Waals surface area contributed by atoms with Gasteiger partial charge in [-0.15, -0.1) is 0 Å². The summed E-state index contributed by atoms with van der Waals surface area (Å²) >= 11 is 0. The maximum Gasteiger partial charge on any atom is 0.435 e. The van der Waals surface area contributed by atoms with Gasteiger partial charge < -0.3 is 14.2 Å². The highest BCUT2D eigenvalue weighted by molar-refractivity contribution is 5.41. The fourth-order valence-corrected chi connectivity index (χ4v) is 7.97. The zero-order valence-corrected chi connectivity index (χ0v) is 24.7. The lowest BCUT2D eigenvalue weighted by Gasteiger charge is -2.50. The van der Waals surface area contributed by atoms with E-state index in [-0.39, 0.29) is 36.6 Å². The second-order valence-electron chi connectivity index (χ2n) is 12.7. The van der Waals surface area contributed by atoms with Crippen LogP contribution in [0, 0.1) is 28.9 Å². The standard InChI is InChI=1S/C32H33F11O3/c1-28-10-9-24-23-6-4-22(45-17-18-13-20(33)16-21(34)14-18)15-19(23)3-5-25(24)26(28)7-8-27(28)44-11-2-12-46-29(30(35,36)37,31(38,39)40)32(41,42)43/h4,6,13-16,24-27H,2-3,5,7-12,17H2,1H3. The van der Waals surface area contributed by atoms with Crippen molar-refractivity contribution in [3.63, 3.8) is 0 Å². The van der Waals surface area contributed by atoms with Crippen molar-refractivity contribution in [1.29, 1.82) is 0 Å². The van der Waals surface area contributed by atoms with Crippen LogP contribution in [0.25, 0.3) is 0 Å². The van der Waals surface area contributed by atoms with Crippen LogP contribution < -0.4 is 4.74 Å². The molecule has 3 nitrogen and oxygen atoms in total. The normalized spacial score (nSPS) is 26.8. The summed E-state index contributed by atoms with van der Waals surface area (Å²) in [5.41, 5.74) is -3.89. The Labute approximate surface area is 258 Å². The molecule has 2 aromatic carbocycles. The first-order valence-electron chi connectivity index (χ1n) is 15.0. The minimum atomic E-state index is -6.76. The van der Waals surface area contributed by atoms with Crippen LogP contribution in [0.5, 0.6) is 5.75 Å². The van der Waals surface area contributed by atoms with Gasteiger partial charge in [0, 0.05) is 12.7 Å². The molecule has 0 spiro atoms. The number of aryl methyl sites for hydroxylation is 1. The molecule has 0 saturated heterocycles. The van der Waals surface area contributed by atoms with E-state index in [1.165, 1.54) is 17.7 Å². The van der Waals surface area contributed by atoms with Gasteiger partial charge in [0.2, 0.25) is 0 Å². The summed E-state index contributed by atoms with van der Waals surface area (Å²) < 4.78 is 160. The summed E-state index contributed by atoms with van der Waals surface area (Å²) in [5, 5.41) is 0. The van der Waals surface area contributed by atoms with Crippen LogP contribution in [0.15, 0.2) is 36.4 Å². The number of ether oxygens (including phenoxy) is 3. The van der Waals surface area contributed by atoms with Gasteiger partial charge in [0.15, 0.2) is 0 Å². The van der Waals surface area contributed by atoms with Gasteiger partial charge in [-0.05, 0) is 109 Å². The Balaban J connectivity index is 1.17. The van der Waals surface area contributed by atoms with E-state index in [2.05, 4.69) is 11.7 Å². The van der Waals surface area contributed by atoms with E-state index in [0.717, 1.165) is 43.7 Å². The van der Waals surface area contributed by atoms with E-state index in [0.29, 0.717) is 23.7 Å². The van der Waals surface area contributed by atoms with Gasteiger partial charge in [-0.3, -0.25) is 0 Å². The molecular formula is C32H33F11O3. The Morgan fingerprint density at radius 3 is 2.07 bits per heavy atom. The van der Waals surface area contributed by atoms with Crippen molar-refractivity contribution in [3.05, 3.63) is 64.7 Å². The van der Waals surface area contributed by atoms with Gasteiger partial charge in [-0.25, -0.2) is 8.78 Å². The Bertz CT molecular complexity index is 1330. The Morgan fingerprint density at radius 1 is 0.783 bits per heavy atom. The molecule has 0 radical (unpaired) electrons. The Kier molecular flexibility index (Phi) is 9.39. The Morgan fingerprint density at radius 2 is 1.43 bits per heavy atom. The van der Waals surface area contributed by atoms with Crippen LogP contribution in [0.2, 0.25) is 0 Å². The highest BCUT2D eigenvalue weighted by Gasteiger charge is 2.85. The fraction of sp³-hybridized carbons (Fsp3) is 0.625. The summed E-state index contributed by atoms with van der Waals surface area (Å²) in [5.74, 6) is 0.0296.